The number of nitrogens with one attached hydrogen (secondary N) is 1. The third-order valence-corrected chi connectivity index (χ3v) is 5.10. The number of amides is 1. The molecule has 0 radical (unpaired) electrons. The van der Waals surface area contributed by atoms with Crippen LogP contribution in [0.15, 0.2) is 0 Å². The van der Waals surface area contributed by atoms with Crippen LogP contribution in [0.2, 0.25) is 0 Å². The largest absolute Gasteiger partial charge is 0.337 e. The van der Waals surface area contributed by atoms with Gasteiger partial charge in [-0.3, -0.25) is 4.79 Å². The van der Waals surface area contributed by atoms with Gasteiger partial charge in [-0.05, 0) is 32.1 Å². The molecular formula is C15H25N5O. The molecular weight excluding hydrogens is 266 g/mol. The molecule has 1 aliphatic heterocycles. The summed E-state index contributed by atoms with van der Waals surface area (Å²) in [5, 5.41) is 11.7. The summed E-state index contributed by atoms with van der Waals surface area (Å²) in [6.07, 6.45) is 6.10. The second kappa shape index (κ2) is 5.75. The monoisotopic (exact) mass is 291 g/mol. The zero-order valence-corrected chi connectivity index (χ0v) is 13.2. The van der Waals surface area contributed by atoms with E-state index < -0.39 is 0 Å². The highest BCUT2D eigenvalue weighted by Gasteiger charge is 2.39. The van der Waals surface area contributed by atoms with E-state index >= 15 is 0 Å². The van der Waals surface area contributed by atoms with Gasteiger partial charge in [0.15, 0.2) is 5.82 Å². The van der Waals surface area contributed by atoms with Crippen LogP contribution in [0.1, 0.15) is 43.8 Å². The fourth-order valence-corrected chi connectivity index (χ4v) is 3.66. The molecule has 1 saturated carbocycles. The van der Waals surface area contributed by atoms with Gasteiger partial charge in [0.2, 0.25) is 5.91 Å². The molecule has 1 N–H and O–H groups in total. The molecule has 0 bridgehead atoms. The minimum atomic E-state index is -0.0163. The Morgan fingerprint density at radius 1 is 1.38 bits per heavy atom. The van der Waals surface area contributed by atoms with Crippen molar-refractivity contribution in [2.24, 2.45) is 13.0 Å². The minimum absolute atomic E-state index is 0.0163. The first kappa shape index (κ1) is 14.5. The number of fused-ring (bicyclic) bond motifs is 1. The van der Waals surface area contributed by atoms with E-state index in [1.165, 1.54) is 25.7 Å². The van der Waals surface area contributed by atoms with Gasteiger partial charge in [-0.1, -0.05) is 12.8 Å². The Kier molecular flexibility index (Phi) is 3.97. The van der Waals surface area contributed by atoms with Crippen LogP contribution in [0, 0.1) is 12.8 Å². The molecule has 2 fully saturated rings. The van der Waals surface area contributed by atoms with Crippen LogP contribution < -0.4 is 5.32 Å². The van der Waals surface area contributed by atoms with E-state index in [1.54, 1.807) is 4.90 Å². The topological polar surface area (TPSA) is 63.1 Å². The van der Waals surface area contributed by atoms with Crippen molar-refractivity contribution in [1.29, 1.82) is 0 Å². The Balaban J connectivity index is 1.61. The molecule has 2 aliphatic rings. The first-order valence-corrected chi connectivity index (χ1v) is 7.92. The molecule has 21 heavy (non-hydrogen) atoms. The summed E-state index contributed by atoms with van der Waals surface area (Å²) in [6, 6.07) is 0.538. The Hall–Kier alpha value is -1.43. The maximum absolute atomic E-state index is 12.6. The molecule has 3 rings (SSSR count). The van der Waals surface area contributed by atoms with E-state index in [-0.39, 0.29) is 11.9 Å². The Labute approximate surface area is 125 Å². The van der Waals surface area contributed by atoms with Crippen molar-refractivity contribution in [1.82, 2.24) is 25.0 Å². The summed E-state index contributed by atoms with van der Waals surface area (Å²) in [4.78, 5) is 14.4. The summed E-state index contributed by atoms with van der Waals surface area (Å²) in [5.41, 5.74) is 0. The number of aromatic nitrogens is 3. The summed E-state index contributed by atoms with van der Waals surface area (Å²) >= 11 is 0. The van der Waals surface area contributed by atoms with Crippen LogP contribution in [0.4, 0.5) is 0 Å². The lowest BCUT2D eigenvalue weighted by Crippen LogP contribution is -2.44. The zero-order valence-electron chi connectivity index (χ0n) is 13.2. The molecule has 1 saturated heterocycles. The standard InChI is InChI=1S/C15H25N5O/c1-10-17-18-14(20(10)3)9-19(2)15(21)13-8-11-6-4-5-7-12(11)16-13/h11-13,16H,4-9H2,1-3H3. The molecule has 1 aromatic rings. The van der Waals surface area contributed by atoms with Crippen LogP contribution in [0.5, 0.6) is 0 Å². The number of hydrogen-bond acceptors (Lipinski definition) is 4. The second-order valence-corrected chi connectivity index (χ2v) is 6.52. The zero-order chi connectivity index (χ0) is 15.0. The molecule has 1 aliphatic carbocycles. The summed E-state index contributed by atoms with van der Waals surface area (Å²) < 4.78 is 1.94. The molecule has 1 aromatic heterocycles. The number of rotatable bonds is 3. The van der Waals surface area contributed by atoms with Gasteiger partial charge in [-0.2, -0.15) is 0 Å². The van der Waals surface area contributed by atoms with E-state index in [9.17, 15) is 4.79 Å². The quantitative estimate of drug-likeness (QED) is 0.902. The van der Waals surface area contributed by atoms with Gasteiger partial charge >= 0.3 is 0 Å². The maximum atomic E-state index is 12.6. The van der Waals surface area contributed by atoms with E-state index in [4.69, 9.17) is 0 Å². The number of aryl methyl sites for hydroxylation is 1. The molecule has 3 unspecified atom stereocenters. The first-order chi connectivity index (χ1) is 10.1. The van der Waals surface area contributed by atoms with Crippen molar-refractivity contribution in [2.75, 3.05) is 7.05 Å². The van der Waals surface area contributed by atoms with Gasteiger partial charge in [0, 0.05) is 20.1 Å². The summed E-state index contributed by atoms with van der Waals surface area (Å²) in [5.74, 6) is 2.58. The molecule has 2 heterocycles. The molecule has 0 spiro atoms. The smallest absolute Gasteiger partial charge is 0.239 e. The van der Waals surface area contributed by atoms with Gasteiger partial charge in [-0.25, -0.2) is 0 Å². The van der Waals surface area contributed by atoms with Crippen LogP contribution in [-0.4, -0.2) is 44.7 Å². The maximum Gasteiger partial charge on any atom is 0.239 e. The molecule has 1 amide bonds. The van der Waals surface area contributed by atoms with Gasteiger partial charge in [0.1, 0.15) is 5.82 Å². The van der Waals surface area contributed by atoms with E-state index in [2.05, 4.69) is 15.5 Å². The number of likely N-dealkylation sites (N-methyl/N-ethyl adjacent to an activating group) is 1. The van der Waals surface area contributed by atoms with Crippen molar-refractivity contribution in [3.8, 4) is 0 Å². The molecule has 3 atom stereocenters. The highest BCUT2D eigenvalue weighted by Crippen LogP contribution is 2.33. The Morgan fingerprint density at radius 2 is 2.14 bits per heavy atom. The third kappa shape index (κ3) is 2.81. The normalized spacial score (nSPS) is 28.4. The molecule has 6 nitrogen and oxygen atoms in total. The Morgan fingerprint density at radius 3 is 2.81 bits per heavy atom. The number of carbonyl (C=O) groups is 1. The predicted octanol–water partition coefficient (Wildman–Crippen LogP) is 1.00. The number of carbonyl (C=O) groups excluding carboxylic acids is 1. The average molecular weight is 291 g/mol. The van der Waals surface area contributed by atoms with E-state index in [0.717, 1.165) is 18.1 Å². The number of hydrogen-bond donors (Lipinski definition) is 1. The van der Waals surface area contributed by atoms with Crippen molar-refractivity contribution in [2.45, 2.75) is 57.7 Å². The van der Waals surface area contributed by atoms with Crippen LogP contribution in [-0.2, 0) is 18.4 Å². The molecule has 0 aromatic carbocycles. The fraction of sp³-hybridized carbons (Fsp3) is 0.800. The average Bonchev–Trinajstić information content (AvgIpc) is 3.04. The van der Waals surface area contributed by atoms with Crippen molar-refractivity contribution in [3.05, 3.63) is 11.6 Å². The highest BCUT2D eigenvalue weighted by atomic mass is 16.2. The lowest BCUT2D eigenvalue weighted by atomic mass is 9.85. The number of nitrogens with zero attached hydrogens (tertiary/aromatic N) is 4. The molecule has 6 heteroatoms. The van der Waals surface area contributed by atoms with E-state index in [1.807, 2.05) is 25.6 Å². The van der Waals surface area contributed by atoms with Crippen LogP contribution in [0.25, 0.3) is 0 Å². The van der Waals surface area contributed by atoms with Gasteiger partial charge in [-0.15, -0.1) is 10.2 Å². The SMILES string of the molecule is Cc1nnc(CN(C)C(=O)C2CC3CCCCC3N2)n1C. The second-order valence-electron chi connectivity index (χ2n) is 6.52. The van der Waals surface area contributed by atoms with Crippen molar-refractivity contribution in [3.63, 3.8) is 0 Å². The molecule has 116 valence electrons. The fourth-order valence-electron chi connectivity index (χ4n) is 3.66. The van der Waals surface area contributed by atoms with Crippen molar-refractivity contribution < 1.29 is 4.79 Å². The van der Waals surface area contributed by atoms with Gasteiger partial charge in [0.05, 0.1) is 12.6 Å². The van der Waals surface area contributed by atoms with Crippen LogP contribution in [0.3, 0.4) is 0 Å². The van der Waals surface area contributed by atoms with E-state index in [0.29, 0.717) is 18.5 Å². The lowest BCUT2D eigenvalue weighted by Gasteiger charge is -2.24. The van der Waals surface area contributed by atoms with Crippen molar-refractivity contribution >= 4 is 5.91 Å². The predicted molar refractivity (Wildman–Crippen MR) is 79.5 cm³/mol. The van der Waals surface area contributed by atoms with Crippen LogP contribution >= 0.6 is 0 Å². The summed E-state index contributed by atoms with van der Waals surface area (Å²) in [7, 11) is 3.79. The Bertz CT molecular complexity index is 512. The first-order valence-electron chi connectivity index (χ1n) is 7.92. The minimum Gasteiger partial charge on any atom is -0.337 e. The summed E-state index contributed by atoms with van der Waals surface area (Å²) in [6.45, 7) is 2.44. The van der Waals surface area contributed by atoms with Gasteiger partial charge < -0.3 is 14.8 Å². The van der Waals surface area contributed by atoms with Gasteiger partial charge in [0.25, 0.3) is 0 Å². The highest BCUT2D eigenvalue weighted by molar-refractivity contribution is 5.82. The lowest BCUT2D eigenvalue weighted by molar-refractivity contribution is -0.132. The third-order valence-electron chi connectivity index (χ3n) is 5.10.